The van der Waals surface area contributed by atoms with Gasteiger partial charge in [0.2, 0.25) is 17.7 Å². The number of carbonyl (C=O) groups is 3. The van der Waals surface area contributed by atoms with Crippen LogP contribution in [0, 0.1) is 0 Å². The zero-order valence-corrected chi connectivity index (χ0v) is 35.0. The topological polar surface area (TPSA) is 170 Å². The number of nitrogens with zero attached hydrogens (tertiary/aromatic N) is 7. The molecule has 0 saturated carbocycles. The number of nitrogens with two attached hydrogens (primary N) is 1. The number of nitrogens with one attached hydrogen (secondary N) is 1. The summed E-state index contributed by atoms with van der Waals surface area (Å²) in [6.07, 6.45) is 6.50. The summed E-state index contributed by atoms with van der Waals surface area (Å²) in [7, 11) is 0. The van der Waals surface area contributed by atoms with E-state index in [1.54, 1.807) is 12.1 Å². The number of amides is 3. The molecule has 3 atom stereocenters. The first-order valence-electron chi connectivity index (χ1n) is 22.3. The third-order valence-electron chi connectivity index (χ3n) is 13.9. The number of nitrogen functional groups attached to an aromatic ring is 1. The number of ether oxygens (including phenoxy) is 2. The van der Waals surface area contributed by atoms with Gasteiger partial charge < -0.3 is 39.9 Å². The van der Waals surface area contributed by atoms with Crippen molar-refractivity contribution < 1.29 is 29.0 Å². The second-order valence-corrected chi connectivity index (χ2v) is 17.7. The van der Waals surface area contributed by atoms with Gasteiger partial charge in [0.25, 0.3) is 0 Å². The van der Waals surface area contributed by atoms with Crippen molar-refractivity contribution in [2.24, 2.45) is 0 Å². The lowest BCUT2D eigenvalue weighted by Crippen LogP contribution is -2.54. The smallest absolute Gasteiger partial charge is 0.249 e. The number of fused-ring (bicyclic) bond motifs is 3. The van der Waals surface area contributed by atoms with E-state index in [-0.39, 0.29) is 35.6 Å². The molecule has 15 heteroatoms. The number of anilines is 4. The van der Waals surface area contributed by atoms with Crippen LogP contribution in [0.1, 0.15) is 62.8 Å². The molecule has 0 radical (unpaired) electrons. The highest BCUT2D eigenvalue weighted by atomic mass is 16.5. The van der Waals surface area contributed by atoms with Crippen LogP contribution >= 0.6 is 0 Å². The fraction of sp³-hybridized carbons (Fsp3) is 0.468. The molecule has 5 saturated heterocycles. The van der Waals surface area contributed by atoms with Crippen LogP contribution in [-0.4, -0.2) is 126 Å². The molecule has 1 unspecified atom stereocenters. The number of hydrogen-bond donors (Lipinski definition) is 3. The number of imide groups is 1. The summed E-state index contributed by atoms with van der Waals surface area (Å²) in [6, 6.07) is 24.0. The lowest BCUT2D eigenvalue weighted by atomic mass is 9.87. The van der Waals surface area contributed by atoms with E-state index in [4.69, 9.17) is 15.2 Å². The Morgan fingerprint density at radius 3 is 2.39 bits per heavy atom. The summed E-state index contributed by atoms with van der Waals surface area (Å²) in [5, 5.41) is 21.5. The van der Waals surface area contributed by atoms with E-state index < -0.39 is 0 Å². The minimum Gasteiger partial charge on any atom is -0.507 e. The van der Waals surface area contributed by atoms with Crippen molar-refractivity contribution in [3.05, 3.63) is 78.4 Å². The van der Waals surface area contributed by atoms with Gasteiger partial charge in [0.1, 0.15) is 36.0 Å². The van der Waals surface area contributed by atoms with E-state index in [2.05, 4.69) is 59.4 Å². The van der Waals surface area contributed by atoms with Crippen LogP contribution in [0.2, 0.25) is 0 Å². The fourth-order valence-electron chi connectivity index (χ4n) is 10.7. The number of hydrogen-bond acceptors (Lipinski definition) is 13. The Morgan fingerprint density at radius 2 is 1.61 bits per heavy atom. The maximum absolute atomic E-state index is 13.6. The highest BCUT2D eigenvalue weighted by molar-refractivity contribution is 6.02. The van der Waals surface area contributed by atoms with Gasteiger partial charge in [0, 0.05) is 74.8 Å². The van der Waals surface area contributed by atoms with E-state index in [0.29, 0.717) is 80.7 Å². The largest absolute Gasteiger partial charge is 0.507 e. The average molecular weight is 842 g/mol. The number of likely N-dealkylation sites (tertiary alicyclic amines) is 2. The van der Waals surface area contributed by atoms with Crippen LogP contribution in [0.15, 0.2) is 72.8 Å². The van der Waals surface area contributed by atoms with Crippen molar-refractivity contribution in [1.82, 2.24) is 25.3 Å². The Bertz CT molecular complexity index is 2310. The molecular weight excluding hydrogens is 787 g/mol. The Labute approximate surface area is 361 Å². The number of aromatic hydroxyl groups is 1. The van der Waals surface area contributed by atoms with Crippen molar-refractivity contribution in [2.45, 2.75) is 81.5 Å². The maximum atomic E-state index is 13.6. The summed E-state index contributed by atoms with van der Waals surface area (Å²) in [6.45, 7) is 6.16. The third-order valence-corrected chi connectivity index (χ3v) is 13.9. The molecule has 3 amide bonds. The highest BCUT2D eigenvalue weighted by Crippen LogP contribution is 2.44. The Hall–Kier alpha value is -6.09. The van der Waals surface area contributed by atoms with Gasteiger partial charge in [-0.05, 0) is 93.1 Å². The van der Waals surface area contributed by atoms with Gasteiger partial charge in [-0.25, -0.2) is 0 Å². The van der Waals surface area contributed by atoms with Crippen LogP contribution in [0.25, 0.3) is 11.3 Å². The summed E-state index contributed by atoms with van der Waals surface area (Å²) in [5.41, 5.74) is 11.7. The van der Waals surface area contributed by atoms with E-state index in [0.717, 1.165) is 93.3 Å². The molecule has 0 aliphatic carbocycles. The Balaban J connectivity index is 0.703. The van der Waals surface area contributed by atoms with Crippen molar-refractivity contribution in [2.75, 3.05) is 79.4 Å². The summed E-state index contributed by atoms with van der Waals surface area (Å²) in [5.74, 6) is 2.31. The molecule has 6 aliphatic rings. The number of benzene rings is 3. The normalized spacial score (nSPS) is 23.5. The molecule has 3 aromatic carbocycles. The van der Waals surface area contributed by atoms with Crippen LogP contribution in [0.4, 0.5) is 22.9 Å². The van der Waals surface area contributed by atoms with Crippen LogP contribution in [-0.2, 0) is 14.4 Å². The molecule has 7 heterocycles. The maximum Gasteiger partial charge on any atom is 0.249 e. The first kappa shape index (κ1) is 40.0. The lowest BCUT2D eigenvalue weighted by molar-refractivity contribution is -0.135. The number of carbonyl (C=O) groups excluding carboxylic acids is 3. The zero-order chi connectivity index (χ0) is 42.3. The number of phenols is 1. The minimum absolute atomic E-state index is 0.0453. The first-order chi connectivity index (χ1) is 30.3. The Kier molecular flexibility index (Phi) is 11.0. The fourth-order valence-corrected chi connectivity index (χ4v) is 10.7. The van der Waals surface area contributed by atoms with Crippen LogP contribution in [0.3, 0.4) is 0 Å². The monoisotopic (exact) mass is 841 g/mol. The van der Waals surface area contributed by atoms with E-state index >= 15 is 0 Å². The van der Waals surface area contributed by atoms with Gasteiger partial charge in [-0.15, -0.1) is 10.2 Å². The van der Waals surface area contributed by atoms with E-state index in [1.165, 1.54) is 5.56 Å². The van der Waals surface area contributed by atoms with Crippen molar-refractivity contribution >= 4 is 40.6 Å². The number of para-hydroxylation sites is 2. The molecule has 4 N–H and O–H groups in total. The molecule has 15 nitrogen and oxygen atoms in total. The SMILES string of the molecule is Nc1nnc(-c2ccccc2O)cc1N1C[C@H]2CC[C@@H](C1)N2c1cccc(OC2CCN(C(=O)CN3CCC(c4cccc5c4OCCN5C4CCC(=O)NC4=O)CC3)CC2)c1. The summed E-state index contributed by atoms with van der Waals surface area (Å²) in [4.78, 5) is 49.3. The number of piperidine rings is 3. The quantitative estimate of drug-likeness (QED) is 0.201. The molecule has 324 valence electrons. The molecule has 4 aromatic rings. The zero-order valence-electron chi connectivity index (χ0n) is 35.0. The van der Waals surface area contributed by atoms with Crippen LogP contribution in [0.5, 0.6) is 17.2 Å². The first-order valence-corrected chi connectivity index (χ1v) is 22.3. The van der Waals surface area contributed by atoms with Gasteiger partial charge in [0.15, 0.2) is 5.82 Å². The van der Waals surface area contributed by atoms with Gasteiger partial charge in [-0.2, -0.15) is 0 Å². The second-order valence-electron chi connectivity index (χ2n) is 17.7. The number of aromatic nitrogens is 2. The molecule has 10 rings (SSSR count). The molecule has 5 fully saturated rings. The molecule has 2 bridgehead atoms. The number of phenolic OH excluding ortho intramolecular Hbond substituents is 1. The van der Waals surface area contributed by atoms with Gasteiger partial charge in [0.05, 0.1) is 30.2 Å². The minimum atomic E-state index is -0.373. The number of piperazine rings is 1. The Morgan fingerprint density at radius 1 is 0.839 bits per heavy atom. The van der Waals surface area contributed by atoms with Gasteiger partial charge in [-0.1, -0.05) is 30.3 Å². The molecule has 62 heavy (non-hydrogen) atoms. The lowest BCUT2D eigenvalue weighted by Gasteiger charge is -2.43. The second kappa shape index (κ2) is 17.0. The molecule has 0 spiro atoms. The highest BCUT2D eigenvalue weighted by Gasteiger charge is 2.41. The number of rotatable bonds is 9. The standard InChI is InChI=1S/C47H55N9O6/c48-46-41(26-38(50-51-46)37-7-1-2-10-42(37)57)54-27-32-11-12-33(28-54)56(32)31-5-3-6-35(25-31)62-34-17-21-53(22-18-34)44(59)29-52-19-15-30(16-20-52)36-8-4-9-39-45(36)61-24-23-55(39)40-13-14-43(58)49-47(40)60/h1-10,25-26,30,32-34,40,57H,11-24,27-29H2,(H2,48,51)(H,49,58,60)/t32-,33+,40?. The van der Waals surface area contributed by atoms with Gasteiger partial charge >= 0.3 is 0 Å². The molecule has 1 aromatic heterocycles. The van der Waals surface area contributed by atoms with E-state index in [1.807, 2.05) is 41.3 Å². The third kappa shape index (κ3) is 7.94. The predicted molar refractivity (Wildman–Crippen MR) is 236 cm³/mol. The van der Waals surface area contributed by atoms with Crippen molar-refractivity contribution in [1.29, 1.82) is 0 Å². The predicted octanol–water partition coefficient (Wildman–Crippen LogP) is 4.54. The van der Waals surface area contributed by atoms with E-state index in [9.17, 15) is 19.5 Å². The molecular formula is C47H55N9O6. The molecule has 6 aliphatic heterocycles. The summed E-state index contributed by atoms with van der Waals surface area (Å²) >= 11 is 0. The van der Waals surface area contributed by atoms with Crippen LogP contribution < -0.4 is 35.2 Å². The van der Waals surface area contributed by atoms with Gasteiger partial charge in [-0.3, -0.25) is 24.6 Å². The average Bonchev–Trinajstić information content (AvgIpc) is 3.55. The van der Waals surface area contributed by atoms with Crippen molar-refractivity contribution in [3.8, 4) is 28.5 Å². The van der Waals surface area contributed by atoms with Crippen molar-refractivity contribution in [3.63, 3.8) is 0 Å². The summed E-state index contributed by atoms with van der Waals surface area (Å²) < 4.78 is 12.8.